The van der Waals surface area contributed by atoms with Crippen LogP contribution in [0.3, 0.4) is 0 Å². The van der Waals surface area contributed by atoms with E-state index in [1.807, 2.05) is 6.92 Å². The Morgan fingerprint density at radius 3 is 2.67 bits per heavy atom. The molecular weight excluding hydrogens is 238 g/mol. The van der Waals surface area contributed by atoms with Gasteiger partial charge in [-0.25, -0.2) is 4.79 Å². The first-order chi connectivity index (χ1) is 8.49. The zero-order chi connectivity index (χ0) is 13.7. The summed E-state index contributed by atoms with van der Waals surface area (Å²) in [5.74, 6) is -0.515. The second-order valence-corrected chi connectivity index (χ2v) is 3.70. The SMILES string of the molecule is CCc1ccc(O[C@@H](C)C(=O)OC)c([N+](=O)[O-])c1. The zero-order valence-electron chi connectivity index (χ0n) is 10.5. The molecule has 1 aromatic carbocycles. The topological polar surface area (TPSA) is 78.7 Å². The van der Waals surface area contributed by atoms with Gasteiger partial charge >= 0.3 is 11.7 Å². The van der Waals surface area contributed by atoms with Crippen molar-refractivity contribution >= 4 is 11.7 Å². The number of aryl methyl sites for hydroxylation is 1. The zero-order valence-corrected chi connectivity index (χ0v) is 10.5. The van der Waals surface area contributed by atoms with Gasteiger partial charge in [-0.2, -0.15) is 0 Å². The number of ether oxygens (including phenoxy) is 2. The maximum absolute atomic E-state index is 11.2. The molecule has 1 aromatic rings. The number of nitro benzene ring substituents is 1. The second kappa shape index (κ2) is 6.00. The summed E-state index contributed by atoms with van der Waals surface area (Å²) in [6, 6.07) is 4.67. The number of hydrogen-bond acceptors (Lipinski definition) is 5. The van der Waals surface area contributed by atoms with Gasteiger partial charge in [-0.05, 0) is 25.0 Å². The van der Waals surface area contributed by atoms with Gasteiger partial charge in [0.1, 0.15) is 0 Å². The summed E-state index contributed by atoms with van der Waals surface area (Å²) >= 11 is 0. The summed E-state index contributed by atoms with van der Waals surface area (Å²) in [4.78, 5) is 21.6. The quantitative estimate of drug-likeness (QED) is 0.456. The van der Waals surface area contributed by atoms with E-state index in [-0.39, 0.29) is 11.4 Å². The Morgan fingerprint density at radius 2 is 2.17 bits per heavy atom. The summed E-state index contributed by atoms with van der Waals surface area (Å²) in [7, 11) is 1.23. The summed E-state index contributed by atoms with van der Waals surface area (Å²) < 4.78 is 9.74. The molecule has 0 heterocycles. The fourth-order valence-electron chi connectivity index (χ4n) is 1.43. The molecule has 0 bridgehead atoms. The number of hydrogen-bond donors (Lipinski definition) is 0. The minimum atomic E-state index is -0.888. The molecule has 98 valence electrons. The van der Waals surface area contributed by atoms with Crippen LogP contribution in [0.4, 0.5) is 5.69 Å². The molecule has 0 unspecified atom stereocenters. The van der Waals surface area contributed by atoms with Gasteiger partial charge in [0.25, 0.3) is 0 Å². The van der Waals surface area contributed by atoms with Crippen LogP contribution in [0, 0.1) is 10.1 Å². The summed E-state index contributed by atoms with van der Waals surface area (Å²) in [5, 5.41) is 10.9. The van der Waals surface area contributed by atoms with Crippen molar-refractivity contribution in [3.8, 4) is 5.75 Å². The van der Waals surface area contributed by atoms with Crippen molar-refractivity contribution in [2.75, 3.05) is 7.11 Å². The third-order valence-corrected chi connectivity index (χ3v) is 2.47. The first kappa shape index (κ1) is 14.0. The minimum Gasteiger partial charge on any atom is -0.472 e. The molecule has 1 atom stereocenters. The van der Waals surface area contributed by atoms with Gasteiger partial charge in [0, 0.05) is 6.07 Å². The molecule has 0 N–H and O–H groups in total. The van der Waals surface area contributed by atoms with Crippen molar-refractivity contribution in [2.45, 2.75) is 26.4 Å². The number of carbonyl (C=O) groups excluding carboxylic acids is 1. The third-order valence-electron chi connectivity index (χ3n) is 2.47. The first-order valence-corrected chi connectivity index (χ1v) is 5.51. The maximum atomic E-state index is 11.2. The van der Waals surface area contributed by atoms with Gasteiger partial charge in [-0.15, -0.1) is 0 Å². The van der Waals surface area contributed by atoms with E-state index >= 15 is 0 Å². The summed E-state index contributed by atoms with van der Waals surface area (Å²) in [6.07, 6.45) is -0.200. The molecule has 1 rings (SSSR count). The van der Waals surface area contributed by atoms with Gasteiger partial charge in [-0.3, -0.25) is 10.1 Å². The second-order valence-electron chi connectivity index (χ2n) is 3.70. The molecule has 0 aromatic heterocycles. The van der Waals surface area contributed by atoms with E-state index in [1.165, 1.54) is 26.2 Å². The molecule has 18 heavy (non-hydrogen) atoms. The van der Waals surface area contributed by atoms with Crippen LogP contribution in [0.2, 0.25) is 0 Å². The lowest BCUT2D eigenvalue weighted by Gasteiger charge is -2.12. The van der Waals surface area contributed by atoms with E-state index in [9.17, 15) is 14.9 Å². The van der Waals surface area contributed by atoms with Gasteiger partial charge in [0.05, 0.1) is 12.0 Å². The maximum Gasteiger partial charge on any atom is 0.346 e. The first-order valence-electron chi connectivity index (χ1n) is 5.51. The van der Waals surface area contributed by atoms with Crippen molar-refractivity contribution in [1.82, 2.24) is 0 Å². The van der Waals surface area contributed by atoms with Gasteiger partial charge in [0.2, 0.25) is 0 Å². The molecule has 0 aliphatic heterocycles. The summed E-state index contributed by atoms with van der Waals surface area (Å²) in [5.41, 5.74) is 0.685. The fraction of sp³-hybridized carbons (Fsp3) is 0.417. The van der Waals surface area contributed by atoms with Crippen LogP contribution in [-0.4, -0.2) is 24.1 Å². The Morgan fingerprint density at radius 1 is 1.50 bits per heavy atom. The van der Waals surface area contributed by atoms with Crippen LogP contribution < -0.4 is 4.74 Å². The predicted octanol–water partition coefficient (Wildman–Crippen LogP) is 2.10. The van der Waals surface area contributed by atoms with Crippen LogP contribution in [0.5, 0.6) is 5.75 Å². The van der Waals surface area contributed by atoms with E-state index in [2.05, 4.69) is 4.74 Å². The van der Waals surface area contributed by atoms with Crippen molar-refractivity contribution < 1.29 is 19.2 Å². The number of nitro groups is 1. The minimum absolute atomic E-state index is 0.0649. The number of methoxy groups -OCH3 is 1. The lowest BCUT2D eigenvalue weighted by Crippen LogP contribution is -2.25. The molecule has 6 heteroatoms. The molecule has 0 aliphatic rings. The average Bonchev–Trinajstić information content (AvgIpc) is 2.37. The lowest BCUT2D eigenvalue weighted by atomic mass is 10.1. The van der Waals surface area contributed by atoms with Crippen molar-refractivity contribution in [3.05, 3.63) is 33.9 Å². The van der Waals surface area contributed by atoms with Crippen molar-refractivity contribution in [1.29, 1.82) is 0 Å². The fourth-order valence-corrected chi connectivity index (χ4v) is 1.43. The number of carbonyl (C=O) groups is 1. The smallest absolute Gasteiger partial charge is 0.346 e. The highest BCUT2D eigenvalue weighted by Crippen LogP contribution is 2.29. The molecule has 0 spiro atoms. The molecular formula is C12H15NO5. The normalized spacial score (nSPS) is 11.7. The van der Waals surface area contributed by atoms with Crippen LogP contribution >= 0.6 is 0 Å². The Bertz CT molecular complexity index is 458. The monoisotopic (exact) mass is 253 g/mol. The van der Waals surface area contributed by atoms with Gasteiger partial charge < -0.3 is 9.47 Å². The molecule has 0 radical (unpaired) electrons. The molecule has 0 fully saturated rings. The Hall–Kier alpha value is -2.11. The van der Waals surface area contributed by atoms with Crippen molar-refractivity contribution in [2.24, 2.45) is 0 Å². The van der Waals surface area contributed by atoms with Crippen LogP contribution in [0.25, 0.3) is 0 Å². The number of rotatable bonds is 5. The van der Waals surface area contributed by atoms with E-state index < -0.39 is 17.0 Å². The van der Waals surface area contributed by atoms with E-state index in [0.717, 1.165) is 5.56 Å². The van der Waals surface area contributed by atoms with Gasteiger partial charge in [0.15, 0.2) is 11.9 Å². The third kappa shape index (κ3) is 3.19. The molecule has 0 amide bonds. The highest BCUT2D eigenvalue weighted by Gasteiger charge is 2.21. The van der Waals surface area contributed by atoms with Gasteiger partial charge in [-0.1, -0.05) is 13.0 Å². The van der Waals surface area contributed by atoms with E-state index in [0.29, 0.717) is 6.42 Å². The van der Waals surface area contributed by atoms with Crippen LogP contribution in [0.1, 0.15) is 19.4 Å². The number of nitrogens with zero attached hydrogens (tertiary/aromatic N) is 1. The average molecular weight is 253 g/mol. The molecule has 0 aliphatic carbocycles. The Labute approximate surface area is 105 Å². The number of benzene rings is 1. The molecule has 0 saturated carbocycles. The van der Waals surface area contributed by atoms with Crippen molar-refractivity contribution in [3.63, 3.8) is 0 Å². The van der Waals surface area contributed by atoms with Crippen LogP contribution in [0.15, 0.2) is 18.2 Å². The van der Waals surface area contributed by atoms with E-state index in [1.54, 1.807) is 6.07 Å². The summed E-state index contributed by atoms with van der Waals surface area (Å²) in [6.45, 7) is 3.37. The Kier molecular flexibility index (Phi) is 4.65. The number of esters is 1. The highest BCUT2D eigenvalue weighted by atomic mass is 16.6. The Balaban J connectivity index is 3.01. The van der Waals surface area contributed by atoms with E-state index in [4.69, 9.17) is 4.74 Å². The molecule has 6 nitrogen and oxygen atoms in total. The lowest BCUT2D eigenvalue weighted by molar-refractivity contribution is -0.386. The predicted molar refractivity (Wildman–Crippen MR) is 64.6 cm³/mol. The largest absolute Gasteiger partial charge is 0.472 e. The highest BCUT2D eigenvalue weighted by molar-refractivity contribution is 5.74. The molecule has 0 saturated heterocycles. The standard InChI is InChI=1S/C12H15NO5/c1-4-9-5-6-11(10(7-9)13(15)16)18-8(2)12(14)17-3/h5-8H,4H2,1-3H3/t8-/m0/s1. The van der Waals surface area contributed by atoms with Crippen LogP contribution in [-0.2, 0) is 16.0 Å².